The average Bonchev–Trinajstić information content (AvgIpc) is 2.47. The fourth-order valence-corrected chi connectivity index (χ4v) is 2.28. The van der Waals surface area contributed by atoms with Crippen molar-refractivity contribution in [2.24, 2.45) is 0 Å². The first-order valence-electron chi connectivity index (χ1n) is 8.92. The molecule has 0 aliphatic heterocycles. The van der Waals surface area contributed by atoms with Gasteiger partial charge in [-0.05, 0) is 26.2 Å². The van der Waals surface area contributed by atoms with Crippen LogP contribution in [-0.4, -0.2) is 24.1 Å². The summed E-state index contributed by atoms with van der Waals surface area (Å²) in [5, 5.41) is 0. The Kier molecular flexibility index (Phi) is 12.9. The zero-order valence-corrected chi connectivity index (χ0v) is 14.9. The van der Waals surface area contributed by atoms with E-state index in [1.807, 2.05) is 13.8 Å². The largest absolute Gasteiger partial charge is 0.463 e. The van der Waals surface area contributed by atoms with Crippen LogP contribution in [0.4, 0.5) is 0 Å². The highest BCUT2D eigenvalue weighted by Crippen LogP contribution is 2.13. The van der Waals surface area contributed by atoms with Gasteiger partial charge < -0.3 is 9.47 Å². The van der Waals surface area contributed by atoms with Crippen molar-refractivity contribution in [3.05, 3.63) is 0 Å². The molecule has 0 aliphatic rings. The molecule has 0 bridgehead atoms. The highest BCUT2D eigenvalue weighted by molar-refractivity contribution is 5.70. The number of rotatable bonds is 13. The minimum Gasteiger partial charge on any atom is -0.463 e. The second-order valence-corrected chi connectivity index (χ2v) is 5.97. The minimum atomic E-state index is -0.206. The van der Waals surface area contributed by atoms with Gasteiger partial charge in [0.2, 0.25) is 0 Å². The average molecular weight is 314 g/mol. The maximum Gasteiger partial charge on any atom is 0.306 e. The van der Waals surface area contributed by atoms with Gasteiger partial charge in [0.15, 0.2) is 0 Å². The van der Waals surface area contributed by atoms with E-state index in [-0.39, 0.29) is 24.1 Å². The Hall–Kier alpha value is -1.06. The molecule has 4 heteroatoms. The van der Waals surface area contributed by atoms with Crippen LogP contribution in [0.1, 0.15) is 91.9 Å². The van der Waals surface area contributed by atoms with Crippen LogP contribution in [0, 0.1) is 0 Å². The lowest BCUT2D eigenvalue weighted by atomic mass is 10.1. The van der Waals surface area contributed by atoms with Crippen molar-refractivity contribution in [2.75, 3.05) is 0 Å². The third-order valence-corrected chi connectivity index (χ3v) is 3.65. The van der Waals surface area contributed by atoms with Crippen LogP contribution in [0.25, 0.3) is 0 Å². The molecule has 0 fully saturated rings. The summed E-state index contributed by atoms with van der Waals surface area (Å²) >= 11 is 0. The summed E-state index contributed by atoms with van der Waals surface area (Å²) in [6, 6.07) is 0. The van der Waals surface area contributed by atoms with Crippen LogP contribution >= 0.6 is 0 Å². The van der Waals surface area contributed by atoms with Crippen molar-refractivity contribution >= 4 is 11.9 Å². The van der Waals surface area contributed by atoms with Crippen LogP contribution in [0.3, 0.4) is 0 Å². The summed E-state index contributed by atoms with van der Waals surface area (Å²) in [4.78, 5) is 23.4. The monoisotopic (exact) mass is 314 g/mol. The molecule has 0 saturated carbocycles. The number of unbranched alkanes of at least 4 members (excludes halogenated alkanes) is 4. The van der Waals surface area contributed by atoms with Crippen LogP contribution < -0.4 is 0 Å². The van der Waals surface area contributed by atoms with Crippen molar-refractivity contribution in [1.29, 1.82) is 0 Å². The molecule has 4 nitrogen and oxygen atoms in total. The van der Waals surface area contributed by atoms with Crippen LogP contribution in [0.15, 0.2) is 0 Å². The summed E-state index contributed by atoms with van der Waals surface area (Å²) in [6.07, 6.45) is 7.97. The Morgan fingerprint density at radius 3 is 1.77 bits per heavy atom. The van der Waals surface area contributed by atoms with Crippen molar-refractivity contribution < 1.29 is 19.1 Å². The first-order valence-corrected chi connectivity index (χ1v) is 8.92. The fraction of sp³-hybridized carbons (Fsp3) is 0.889. The smallest absolute Gasteiger partial charge is 0.306 e. The molecule has 0 aromatic carbocycles. The third kappa shape index (κ3) is 11.6. The Bertz CT molecular complexity index is 301. The van der Waals surface area contributed by atoms with E-state index in [1.165, 1.54) is 0 Å². The minimum absolute atomic E-state index is 0.137. The Morgan fingerprint density at radius 1 is 0.818 bits per heavy atom. The normalized spacial score (nSPS) is 13.5. The molecule has 0 aliphatic carbocycles. The predicted octanol–water partition coefficient (Wildman–Crippen LogP) is 4.79. The molecule has 0 N–H and O–H groups in total. The molecule has 2 unspecified atom stereocenters. The number of esters is 2. The standard InChI is InChI=1S/C18H34O4/c1-5-8-10-12-17(19)21-15(4)14-16(7-3)22-18(20)13-11-9-6-2/h15-16H,5-14H2,1-4H3. The number of hydrogen-bond donors (Lipinski definition) is 0. The lowest BCUT2D eigenvalue weighted by Gasteiger charge is -2.20. The van der Waals surface area contributed by atoms with Gasteiger partial charge in [0.05, 0.1) is 0 Å². The van der Waals surface area contributed by atoms with Crippen molar-refractivity contribution in [3.8, 4) is 0 Å². The van der Waals surface area contributed by atoms with Gasteiger partial charge in [0.1, 0.15) is 12.2 Å². The molecule has 0 rings (SSSR count). The van der Waals surface area contributed by atoms with E-state index in [4.69, 9.17) is 9.47 Å². The molecule has 0 amide bonds. The van der Waals surface area contributed by atoms with Gasteiger partial charge in [-0.15, -0.1) is 0 Å². The van der Waals surface area contributed by atoms with Crippen molar-refractivity contribution in [2.45, 2.75) is 104 Å². The van der Waals surface area contributed by atoms with Gasteiger partial charge in [0.25, 0.3) is 0 Å². The highest BCUT2D eigenvalue weighted by atomic mass is 16.6. The summed E-state index contributed by atoms with van der Waals surface area (Å²) < 4.78 is 10.8. The molecule has 0 aromatic rings. The predicted molar refractivity (Wildman–Crippen MR) is 88.6 cm³/mol. The zero-order valence-electron chi connectivity index (χ0n) is 14.9. The highest BCUT2D eigenvalue weighted by Gasteiger charge is 2.18. The topological polar surface area (TPSA) is 52.6 Å². The first-order chi connectivity index (χ1) is 10.5. The van der Waals surface area contributed by atoms with Gasteiger partial charge in [-0.2, -0.15) is 0 Å². The summed E-state index contributed by atoms with van der Waals surface area (Å²) in [7, 11) is 0. The van der Waals surface area contributed by atoms with E-state index < -0.39 is 0 Å². The Balaban J connectivity index is 3.98. The zero-order chi connectivity index (χ0) is 16.8. The molecular formula is C18H34O4. The van der Waals surface area contributed by atoms with Crippen molar-refractivity contribution in [1.82, 2.24) is 0 Å². The van der Waals surface area contributed by atoms with Gasteiger partial charge in [-0.1, -0.05) is 46.5 Å². The molecule has 130 valence electrons. The molecule has 0 spiro atoms. The quantitative estimate of drug-likeness (QED) is 0.362. The van der Waals surface area contributed by atoms with E-state index in [1.54, 1.807) is 0 Å². The maximum atomic E-state index is 11.7. The molecule has 0 saturated heterocycles. The molecule has 0 radical (unpaired) electrons. The van der Waals surface area contributed by atoms with Gasteiger partial charge in [0, 0.05) is 19.3 Å². The first kappa shape index (κ1) is 20.9. The molecular weight excluding hydrogens is 280 g/mol. The van der Waals surface area contributed by atoms with Crippen LogP contribution in [-0.2, 0) is 19.1 Å². The number of carbonyl (C=O) groups is 2. The second-order valence-electron chi connectivity index (χ2n) is 5.97. The summed E-state index contributed by atoms with van der Waals surface area (Å²) in [5.74, 6) is -0.285. The Morgan fingerprint density at radius 2 is 1.32 bits per heavy atom. The summed E-state index contributed by atoms with van der Waals surface area (Å²) in [5.41, 5.74) is 0. The number of hydrogen-bond acceptors (Lipinski definition) is 4. The van der Waals surface area contributed by atoms with E-state index in [0.29, 0.717) is 19.3 Å². The SMILES string of the molecule is CCCCCC(=O)OC(C)CC(CC)OC(=O)CCCCC. The summed E-state index contributed by atoms with van der Waals surface area (Å²) in [6.45, 7) is 8.07. The molecule has 22 heavy (non-hydrogen) atoms. The van der Waals surface area contributed by atoms with Gasteiger partial charge >= 0.3 is 11.9 Å². The fourth-order valence-electron chi connectivity index (χ4n) is 2.28. The van der Waals surface area contributed by atoms with Crippen LogP contribution in [0.2, 0.25) is 0 Å². The molecule has 2 atom stereocenters. The van der Waals surface area contributed by atoms with Crippen molar-refractivity contribution in [3.63, 3.8) is 0 Å². The van der Waals surface area contributed by atoms with E-state index >= 15 is 0 Å². The maximum absolute atomic E-state index is 11.7. The second kappa shape index (κ2) is 13.6. The number of carbonyl (C=O) groups excluding carboxylic acids is 2. The van der Waals surface area contributed by atoms with E-state index in [2.05, 4.69) is 13.8 Å². The number of ether oxygens (including phenoxy) is 2. The lowest BCUT2D eigenvalue weighted by Crippen LogP contribution is -2.25. The van der Waals surface area contributed by atoms with E-state index in [9.17, 15) is 9.59 Å². The molecule has 0 heterocycles. The van der Waals surface area contributed by atoms with E-state index in [0.717, 1.165) is 44.9 Å². The van der Waals surface area contributed by atoms with Gasteiger partial charge in [-0.3, -0.25) is 9.59 Å². The molecule has 0 aromatic heterocycles. The lowest BCUT2D eigenvalue weighted by molar-refractivity contribution is -0.155. The Labute approximate surface area is 135 Å². The third-order valence-electron chi connectivity index (χ3n) is 3.65. The van der Waals surface area contributed by atoms with Gasteiger partial charge in [-0.25, -0.2) is 0 Å². The van der Waals surface area contributed by atoms with Crippen LogP contribution in [0.5, 0.6) is 0 Å².